The number of nitrogens with zero attached hydrogens (tertiary/aromatic N) is 3. The van der Waals surface area contributed by atoms with Crippen molar-refractivity contribution in [1.82, 2.24) is 14.8 Å². The molecule has 2 heterocycles. The number of rotatable bonds is 1. The zero-order valence-corrected chi connectivity index (χ0v) is 9.48. The number of halogens is 1. The van der Waals surface area contributed by atoms with E-state index in [1.54, 1.807) is 12.4 Å². The van der Waals surface area contributed by atoms with Crippen LogP contribution in [0, 0.1) is 0 Å². The van der Waals surface area contributed by atoms with Crippen LogP contribution < -0.4 is 0 Å². The van der Waals surface area contributed by atoms with Gasteiger partial charge in [0.1, 0.15) is 0 Å². The van der Waals surface area contributed by atoms with Gasteiger partial charge in [-0.15, -0.1) is 0 Å². The Morgan fingerprint density at radius 1 is 1.43 bits per heavy atom. The Kier molecular flexibility index (Phi) is 2.19. The lowest BCUT2D eigenvalue weighted by Gasteiger charge is -2.07. The first kappa shape index (κ1) is 9.45. The van der Waals surface area contributed by atoms with Gasteiger partial charge >= 0.3 is 0 Å². The quantitative estimate of drug-likeness (QED) is 0.852. The molecule has 0 amide bonds. The number of pyridine rings is 1. The molecule has 0 fully saturated rings. The molecule has 5 heteroatoms. The van der Waals surface area contributed by atoms with Crippen molar-refractivity contribution in [3.05, 3.63) is 16.9 Å². The van der Waals surface area contributed by atoms with E-state index in [0.717, 1.165) is 9.99 Å². The molecule has 2 rings (SSSR count). The number of aromatic nitrogens is 3. The standard InChI is InChI=1S/C9H10BrN3O/c1-5(2)13-8-6(3-12-13)9(14)11-4-7(8)10/h3-5H,1-2H3,(H,11,14). The molecule has 4 nitrogen and oxygen atoms in total. The monoisotopic (exact) mass is 255 g/mol. The molecule has 0 saturated heterocycles. The van der Waals surface area contributed by atoms with Crippen LogP contribution in [0.5, 0.6) is 5.88 Å². The average molecular weight is 256 g/mol. The predicted octanol–water partition coefficient (Wildman–Crippen LogP) is 2.48. The second-order valence-corrected chi connectivity index (χ2v) is 4.23. The van der Waals surface area contributed by atoms with Crippen LogP contribution >= 0.6 is 15.9 Å². The molecule has 0 bridgehead atoms. The number of hydrogen-bond donors (Lipinski definition) is 1. The lowest BCUT2D eigenvalue weighted by molar-refractivity contribution is 0.460. The van der Waals surface area contributed by atoms with Gasteiger partial charge in [-0.25, -0.2) is 4.98 Å². The summed E-state index contributed by atoms with van der Waals surface area (Å²) < 4.78 is 2.69. The predicted molar refractivity (Wildman–Crippen MR) is 57.3 cm³/mol. The van der Waals surface area contributed by atoms with E-state index in [9.17, 15) is 5.11 Å². The molecule has 0 aromatic carbocycles. The average Bonchev–Trinajstić information content (AvgIpc) is 2.56. The fourth-order valence-electron chi connectivity index (χ4n) is 1.40. The Morgan fingerprint density at radius 3 is 2.79 bits per heavy atom. The Hall–Kier alpha value is -1.10. The molecule has 1 N–H and O–H groups in total. The van der Waals surface area contributed by atoms with E-state index in [1.165, 1.54) is 0 Å². The van der Waals surface area contributed by atoms with Crippen molar-refractivity contribution in [2.75, 3.05) is 0 Å². The molecule has 0 saturated carbocycles. The number of hydrogen-bond acceptors (Lipinski definition) is 3. The molecule has 0 radical (unpaired) electrons. The van der Waals surface area contributed by atoms with Crippen LogP contribution in [0.4, 0.5) is 0 Å². The minimum atomic E-state index is 0.0232. The van der Waals surface area contributed by atoms with Gasteiger partial charge in [-0.3, -0.25) is 4.68 Å². The van der Waals surface area contributed by atoms with Crippen LogP contribution in [-0.2, 0) is 0 Å². The van der Waals surface area contributed by atoms with Crippen molar-refractivity contribution >= 4 is 26.8 Å². The smallest absolute Gasteiger partial charge is 0.222 e. The van der Waals surface area contributed by atoms with E-state index in [1.807, 2.05) is 18.5 Å². The van der Waals surface area contributed by atoms with Crippen molar-refractivity contribution in [3.8, 4) is 5.88 Å². The molecule has 0 atom stereocenters. The van der Waals surface area contributed by atoms with E-state index in [4.69, 9.17) is 0 Å². The third kappa shape index (κ3) is 1.28. The third-order valence-corrected chi connectivity index (χ3v) is 2.63. The van der Waals surface area contributed by atoms with Crippen LogP contribution in [0.15, 0.2) is 16.9 Å². The summed E-state index contributed by atoms with van der Waals surface area (Å²) in [5.41, 5.74) is 0.882. The number of fused-ring (bicyclic) bond motifs is 1. The molecule has 0 aliphatic carbocycles. The maximum absolute atomic E-state index is 9.51. The Bertz CT molecular complexity index is 478. The molecule has 0 aliphatic rings. The maximum Gasteiger partial charge on any atom is 0.222 e. The molecule has 0 spiro atoms. The van der Waals surface area contributed by atoms with Gasteiger partial charge in [0.25, 0.3) is 0 Å². The third-order valence-electron chi connectivity index (χ3n) is 2.05. The van der Waals surface area contributed by atoms with Crippen LogP contribution in [0.3, 0.4) is 0 Å². The van der Waals surface area contributed by atoms with Crippen LogP contribution in [0.2, 0.25) is 0 Å². The molecular weight excluding hydrogens is 246 g/mol. The summed E-state index contributed by atoms with van der Waals surface area (Å²) >= 11 is 3.39. The zero-order chi connectivity index (χ0) is 10.3. The lowest BCUT2D eigenvalue weighted by Crippen LogP contribution is -2.02. The van der Waals surface area contributed by atoms with E-state index in [2.05, 4.69) is 26.0 Å². The Labute approximate surface area is 89.7 Å². The minimum absolute atomic E-state index is 0.0232. The van der Waals surface area contributed by atoms with E-state index in [0.29, 0.717) is 5.39 Å². The summed E-state index contributed by atoms with van der Waals surface area (Å²) in [5, 5.41) is 14.4. The first-order valence-electron chi connectivity index (χ1n) is 4.32. The van der Waals surface area contributed by atoms with Crippen molar-refractivity contribution in [3.63, 3.8) is 0 Å². The minimum Gasteiger partial charge on any atom is -0.493 e. The molecule has 0 unspecified atom stereocenters. The van der Waals surface area contributed by atoms with Gasteiger partial charge in [-0.2, -0.15) is 5.10 Å². The summed E-state index contributed by atoms with van der Waals surface area (Å²) in [6.07, 6.45) is 3.21. The van der Waals surface area contributed by atoms with Gasteiger partial charge in [0, 0.05) is 12.2 Å². The summed E-state index contributed by atoms with van der Waals surface area (Å²) in [4.78, 5) is 3.83. The molecular formula is C9H10BrN3O. The van der Waals surface area contributed by atoms with Crippen molar-refractivity contribution in [2.24, 2.45) is 0 Å². The van der Waals surface area contributed by atoms with Gasteiger partial charge in [0.05, 0.1) is 21.6 Å². The first-order valence-corrected chi connectivity index (χ1v) is 5.11. The highest BCUT2D eigenvalue weighted by molar-refractivity contribution is 9.10. The molecule has 74 valence electrons. The highest BCUT2D eigenvalue weighted by Crippen LogP contribution is 2.29. The van der Waals surface area contributed by atoms with Gasteiger partial charge in [0.15, 0.2) is 0 Å². The fourth-order valence-corrected chi connectivity index (χ4v) is 1.90. The van der Waals surface area contributed by atoms with Gasteiger partial charge in [0.2, 0.25) is 5.88 Å². The SMILES string of the molecule is CC(C)n1ncc2c(O)ncc(Br)c21. The second-order valence-electron chi connectivity index (χ2n) is 3.37. The van der Waals surface area contributed by atoms with E-state index < -0.39 is 0 Å². The number of aromatic hydroxyl groups is 1. The normalized spacial score (nSPS) is 11.4. The fraction of sp³-hybridized carbons (Fsp3) is 0.333. The molecule has 14 heavy (non-hydrogen) atoms. The zero-order valence-electron chi connectivity index (χ0n) is 7.90. The summed E-state index contributed by atoms with van der Waals surface area (Å²) in [6, 6.07) is 0.255. The first-order chi connectivity index (χ1) is 6.61. The highest BCUT2D eigenvalue weighted by Gasteiger charge is 2.12. The van der Waals surface area contributed by atoms with Crippen LogP contribution in [0.1, 0.15) is 19.9 Å². The lowest BCUT2D eigenvalue weighted by atomic mass is 10.3. The van der Waals surface area contributed by atoms with E-state index >= 15 is 0 Å². The van der Waals surface area contributed by atoms with Crippen LogP contribution in [-0.4, -0.2) is 19.9 Å². The summed E-state index contributed by atoms with van der Waals surface area (Å²) in [6.45, 7) is 4.08. The van der Waals surface area contributed by atoms with Gasteiger partial charge in [-0.1, -0.05) is 0 Å². The maximum atomic E-state index is 9.51. The van der Waals surface area contributed by atoms with Crippen molar-refractivity contribution in [1.29, 1.82) is 0 Å². The second kappa shape index (κ2) is 3.24. The van der Waals surface area contributed by atoms with Crippen molar-refractivity contribution in [2.45, 2.75) is 19.9 Å². The Balaban J connectivity index is 2.84. The molecule has 2 aromatic heterocycles. The van der Waals surface area contributed by atoms with Gasteiger partial charge < -0.3 is 5.11 Å². The summed E-state index contributed by atoms with van der Waals surface area (Å²) in [7, 11) is 0. The molecule has 2 aromatic rings. The van der Waals surface area contributed by atoms with Crippen LogP contribution in [0.25, 0.3) is 10.9 Å². The van der Waals surface area contributed by atoms with Gasteiger partial charge in [-0.05, 0) is 29.8 Å². The van der Waals surface area contributed by atoms with Crippen molar-refractivity contribution < 1.29 is 5.11 Å². The largest absolute Gasteiger partial charge is 0.493 e. The summed E-state index contributed by atoms with van der Waals surface area (Å²) in [5.74, 6) is 0.0232. The molecule has 0 aliphatic heterocycles. The highest BCUT2D eigenvalue weighted by atomic mass is 79.9. The van der Waals surface area contributed by atoms with E-state index in [-0.39, 0.29) is 11.9 Å². The Morgan fingerprint density at radius 2 is 2.14 bits per heavy atom. The topological polar surface area (TPSA) is 50.9 Å².